The van der Waals surface area contributed by atoms with Gasteiger partial charge in [0.25, 0.3) is 0 Å². The quantitative estimate of drug-likeness (QED) is 0.461. The highest BCUT2D eigenvalue weighted by atomic mass is 16.7. The first kappa shape index (κ1) is 20.7. The van der Waals surface area contributed by atoms with Gasteiger partial charge in [0.2, 0.25) is 6.54 Å². The van der Waals surface area contributed by atoms with E-state index in [9.17, 15) is 0 Å². The molecule has 6 rings (SSSR count). The number of allylic oxidation sites excluding steroid dienone is 1. The van der Waals surface area contributed by atoms with E-state index in [0.29, 0.717) is 43.4 Å². The Morgan fingerprint density at radius 1 is 0.935 bits per heavy atom. The van der Waals surface area contributed by atoms with Crippen LogP contribution < -0.4 is 0 Å². The van der Waals surface area contributed by atoms with Crippen LogP contribution in [0.15, 0.2) is 11.6 Å². The Labute approximate surface area is 186 Å². The Morgan fingerprint density at radius 3 is 2.42 bits per heavy atom. The molecule has 2 aliphatic heterocycles. The fourth-order valence-corrected chi connectivity index (χ4v) is 9.13. The van der Waals surface area contributed by atoms with Crippen LogP contribution in [0.25, 0.3) is 4.85 Å². The van der Waals surface area contributed by atoms with E-state index in [0.717, 1.165) is 51.7 Å². The fraction of sp³-hybridized carbons (Fsp3) is 0.885. The molecule has 0 N–H and O–H groups in total. The third-order valence-corrected chi connectivity index (χ3v) is 10.5. The van der Waals surface area contributed by atoms with E-state index in [2.05, 4.69) is 24.8 Å². The molecule has 3 saturated carbocycles. The number of nitrogens with zero attached hydrogens (tertiary/aromatic N) is 1. The smallest absolute Gasteiger partial charge is 0.220 e. The summed E-state index contributed by atoms with van der Waals surface area (Å²) in [5, 5.41) is 0. The van der Waals surface area contributed by atoms with Gasteiger partial charge in [-0.15, -0.1) is 0 Å². The zero-order valence-electron chi connectivity index (χ0n) is 19.2. The van der Waals surface area contributed by atoms with Gasteiger partial charge in [-0.25, -0.2) is 6.57 Å². The van der Waals surface area contributed by atoms with Gasteiger partial charge in [0.05, 0.1) is 31.8 Å². The molecule has 5 nitrogen and oxygen atoms in total. The van der Waals surface area contributed by atoms with Gasteiger partial charge < -0.3 is 23.8 Å². The second-order valence-electron chi connectivity index (χ2n) is 11.5. The van der Waals surface area contributed by atoms with Crippen LogP contribution in [0.5, 0.6) is 0 Å². The lowest BCUT2D eigenvalue weighted by Crippen LogP contribution is -2.56. The Bertz CT molecular complexity index is 805. The minimum absolute atomic E-state index is 0.0529. The molecule has 0 bridgehead atoms. The summed E-state index contributed by atoms with van der Waals surface area (Å²) in [4.78, 5) is 4.02. The van der Waals surface area contributed by atoms with E-state index in [4.69, 9.17) is 25.5 Å². The summed E-state index contributed by atoms with van der Waals surface area (Å²) in [5.74, 6) is 1.51. The summed E-state index contributed by atoms with van der Waals surface area (Å²) in [6, 6.07) is 0. The fourth-order valence-electron chi connectivity index (χ4n) is 9.13. The lowest BCUT2D eigenvalue weighted by atomic mass is 9.46. The van der Waals surface area contributed by atoms with Crippen LogP contribution in [0.1, 0.15) is 65.2 Å². The van der Waals surface area contributed by atoms with Gasteiger partial charge in [0.1, 0.15) is 0 Å². The Morgan fingerprint density at radius 2 is 1.68 bits per heavy atom. The average Bonchev–Trinajstić information content (AvgIpc) is 3.48. The maximum atomic E-state index is 7.82. The van der Waals surface area contributed by atoms with Crippen molar-refractivity contribution < 1.29 is 18.9 Å². The molecular formula is C26H37NO4. The molecule has 0 aromatic rings. The van der Waals surface area contributed by atoms with Crippen molar-refractivity contribution in [3.05, 3.63) is 23.1 Å². The molecular weight excluding hydrogens is 390 g/mol. The van der Waals surface area contributed by atoms with Crippen LogP contribution in [0, 0.1) is 41.1 Å². The zero-order chi connectivity index (χ0) is 21.3. The summed E-state index contributed by atoms with van der Waals surface area (Å²) in [7, 11) is 0. The molecule has 6 aliphatic rings. The van der Waals surface area contributed by atoms with Gasteiger partial charge in [0.15, 0.2) is 11.6 Å². The normalized spacial score (nSPS) is 47.3. The van der Waals surface area contributed by atoms with Crippen molar-refractivity contribution in [1.82, 2.24) is 0 Å². The Hall–Kier alpha value is -0.930. The number of fused-ring (bicyclic) bond motifs is 5. The second-order valence-corrected chi connectivity index (χ2v) is 11.5. The van der Waals surface area contributed by atoms with Crippen molar-refractivity contribution in [2.75, 3.05) is 33.0 Å². The molecule has 0 radical (unpaired) electrons. The second kappa shape index (κ2) is 7.03. The van der Waals surface area contributed by atoms with E-state index < -0.39 is 5.79 Å². The van der Waals surface area contributed by atoms with Crippen LogP contribution >= 0.6 is 0 Å². The van der Waals surface area contributed by atoms with Gasteiger partial charge in [-0.05, 0) is 68.6 Å². The third-order valence-electron chi connectivity index (χ3n) is 10.5. The van der Waals surface area contributed by atoms with Crippen LogP contribution in [0.4, 0.5) is 0 Å². The highest BCUT2D eigenvalue weighted by Crippen LogP contribution is 2.69. The van der Waals surface area contributed by atoms with E-state index in [-0.39, 0.29) is 16.6 Å². The Kier molecular flexibility index (Phi) is 4.69. The van der Waals surface area contributed by atoms with E-state index in [1.54, 1.807) is 5.57 Å². The molecule has 5 fully saturated rings. The minimum Gasteiger partial charge on any atom is -0.348 e. The number of rotatable bonds is 2. The van der Waals surface area contributed by atoms with Gasteiger partial charge >= 0.3 is 0 Å². The predicted octanol–water partition coefficient (Wildman–Crippen LogP) is 4.97. The molecule has 2 heterocycles. The van der Waals surface area contributed by atoms with Crippen LogP contribution in [-0.4, -0.2) is 44.5 Å². The van der Waals surface area contributed by atoms with E-state index in [1.807, 2.05) is 0 Å². The van der Waals surface area contributed by atoms with Gasteiger partial charge in [0, 0.05) is 18.8 Å². The van der Waals surface area contributed by atoms with Gasteiger partial charge in [-0.2, -0.15) is 0 Å². The largest absolute Gasteiger partial charge is 0.348 e. The molecule has 170 valence electrons. The first-order valence-corrected chi connectivity index (χ1v) is 12.5. The molecule has 0 aromatic heterocycles. The Balaban J connectivity index is 1.32. The number of hydrogen-bond donors (Lipinski definition) is 0. The molecule has 4 aliphatic carbocycles. The molecule has 31 heavy (non-hydrogen) atoms. The highest BCUT2D eigenvalue weighted by Gasteiger charge is 2.66. The summed E-state index contributed by atoms with van der Waals surface area (Å²) >= 11 is 0. The first-order chi connectivity index (χ1) is 14.9. The zero-order valence-corrected chi connectivity index (χ0v) is 19.2. The summed E-state index contributed by atoms with van der Waals surface area (Å²) < 4.78 is 24.5. The highest BCUT2D eigenvalue weighted by molar-refractivity contribution is 5.27. The van der Waals surface area contributed by atoms with Gasteiger partial charge in [-0.1, -0.05) is 18.6 Å². The molecule has 0 amide bonds. The molecule has 1 spiro atoms. The number of ether oxygens (including phenoxy) is 4. The van der Waals surface area contributed by atoms with Crippen molar-refractivity contribution >= 4 is 0 Å². The topological polar surface area (TPSA) is 41.3 Å². The van der Waals surface area contributed by atoms with E-state index in [1.165, 1.54) is 12.8 Å². The molecule has 2 saturated heterocycles. The predicted molar refractivity (Wildman–Crippen MR) is 116 cm³/mol. The standard InChI is InChI=1S/C26H37NO4/c1-23-10-11-26(30-14-15-31-26)16-18(23)4-5-19-20(23)8-9-25(17-27-3)21(19)6-7-22(25)24(2)28-12-13-29-24/h4,19-22H,5-17H2,1-2H3/t19-,20-,21+,22-,23-,25-/m1/s1. The summed E-state index contributed by atoms with van der Waals surface area (Å²) in [5.41, 5.74) is 1.90. The van der Waals surface area contributed by atoms with Crippen molar-refractivity contribution in [2.45, 2.75) is 76.8 Å². The molecule has 0 unspecified atom stereocenters. The van der Waals surface area contributed by atoms with Crippen LogP contribution in [0.2, 0.25) is 0 Å². The van der Waals surface area contributed by atoms with Crippen LogP contribution in [-0.2, 0) is 18.9 Å². The summed E-state index contributed by atoms with van der Waals surface area (Å²) in [6.07, 6.45) is 11.6. The monoisotopic (exact) mass is 427 g/mol. The lowest BCUT2D eigenvalue weighted by Gasteiger charge is -2.59. The van der Waals surface area contributed by atoms with Crippen molar-refractivity contribution in [2.24, 2.45) is 34.5 Å². The molecule has 6 atom stereocenters. The first-order valence-electron chi connectivity index (χ1n) is 12.5. The van der Waals surface area contributed by atoms with Crippen molar-refractivity contribution in [1.29, 1.82) is 0 Å². The average molecular weight is 428 g/mol. The van der Waals surface area contributed by atoms with Crippen LogP contribution in [0.3, 0.4) is 0 Å². The molecule has 0 aromatic carbocycles. The maximum Gasteiger partial charge on any atom is 0.220 e. The minimum atomic E-state index is -0.500. The molecule has 5 heteroatoms. The van der Waals surface area contributed by atoms with E-state index >= 15 is 0 Å². The van der Waals surface area contributed by atoms with Crippen molar-refractivity contribution in [3.63, 3.8) is 0 Å². The van der Waals surface area contributed by atoms with Crippen molar-refractivity contribution in [3.8, 4) is 0 Å². The van der Waals surface area contributed by atoms with Gasteiger partial charge in [-0.3, -0.25) is 0 Å². The lowest BCUT2D eigenvalue weighted by molar-refractivity contribution is -0.217. The summed E-state index contributed by atoms with van der Waals surface area (Å²) in [6.45, 7) is 16.0. The number of hydrogen-bond acceptors (Lipinski definition) is 4. The third kappa shape index (κ3) is 2.81. The SMILES string of the molecule is [C-]#[N+]C[C@]12CC[C@@H]3[C@@H](CC=C4CC5(CC[C@]43C)OCCO5)[C@@H]1CC[C@@H]2C1(C)OCCO1. The maximum absolute atomic E-state index is 7.82.